The zero-order valence-electron chi connectivity index (χ0n) is 15.4. The third-order valence-electron chi connectivity index (χ3n) is 5.14. The second-order valence-corrected chi connectivity index (χ2v) is 9.07. The van der Waals surface area contributed by atoms with Crippen molar-refractivity contribution in [1.29, 1.82) is 0 Å². The summed E-state index contributed by atoms with van der Waals surface area (Å²) >= 11 is 5.43. The van der Waals surface area contributed by atoms with Crippen molar-refractivity contribution in [2.24, 2.45) is 0 Å². The van der Waals surface area contributed by atoms with E-state index < -0.39 is 0 Å². The Morgan fingerprint density at radius 2 is 1.64 bits per heavy atom. The van der Waals surface area contributed by atoms with Crippen LogP contribution < -0.4 is 4.90 Å². The molecule has 2 aromatic carbocycles. The Morgan fingerprint density at radius 3 is 2.32 bits per heavy atom. The molecule has 0 aromatic heterocycles. The van der Waals surface area contributed by atoms with Gasteiger partial charge in [0.2, 0.25) is 0 Å². The van der Waals surface area contributed by atoms with Gasteiger partial charge in [0.15, 0.2) is 0 Å². The van der Waals surface area contributed by atoms with Crippen LogP contribution in [0.4, 0.5) is 0 Å². The largest absolute Gasteiger partial charge is 0.332 e. The number of quaternary nitrogens is 1. The summed E-state index contributed by atoms with van der Waals surface area (Å²) in [6.07, 6.45) is 5.11. The molecule has 0 saturated carbocycles. The van der Waals surface area contributed by atoms with Gasteiger partial charge in [-0.25, -0.2) is 0 Å². The molecule has 1 N–H and O–H groups in total. The number of hydrogen-bond acceptors (Lipinski definition) is 1. The van der Waals surface area contributed by atoms with Crippen LogP contribution in [0, 0.1) is 0 Å². The molecule has 1 aliphatic carbocycles. The molecule has 3 rings (SSSR count). The summed E-state index contributed by atoms with van der Waals surface area (Å²) in [5, 5.41) is 0. The quantitative estimate of drug-likeness (QED) is 0.596. The lowest BCUT2D eigenvalue weighted by molar-refractivity contribution is -0.924. The first-order valence-electron chi connectivity index (χ1n) is 9.53. The first-order valence-corrected chi connectivity index (χ1v) is 11.3. The van der Waals surface area contributed by atoms with E-state index in [9.17, 15) is 0 Å². The van der Waals surface area contributed by atoms with E-state index in [1.54, 1.807) is 11.1 Å². The summed E-state index contributed by atoms with van der Waals surface area (Å²) in [6, 6.07) is 16.6. The van der Waals surface area contributed by atoms with Crippen LogP contribution in [-0.4, -0.2) is 19.1 Å². The minimum Gasteiger partial charge on any atom is -0.332 e. The first kappa shape index (κ1) is 19.0. The van der Waals surface area contributed by atoms with Crippen LogP contribution in [-0.2, 0) is 18.6 Å². The van der Waals surface area contributed by atoms with Gasteiger partial charge in [-0.2, -0.15) is 0 Å². The molecule has 0 radical (unpaired) electrons. The maximum absolute atomic E-state index is 3.50. The molecule has 0 fully saturated rings. The van der Waals surface area contributed by atoms with E-state index in [0.29, 0.717) is 0 Å². The Labute approximate surface area is 165 Å². The predicted molar refractivity (Wildman–Crippen MR) is 113 cm³/mol. The fourth-order valence-electron chi connectivity index (χ4n) is 3.92. The third-order valence-corrected chi connectivity index (χ3v) is 6.75. The third kappa shape index (κ3) is 5.12. The van der Waals surface area contributed by atoms with Crippen LogP contribution in [0.25, 0.3) is 0 Å². The number of thioether (sulfide) groups is 1. The second-order valence-electron chi connectivity index (χ2n) is 7.11. The molecule has 0 spiro atoms. The molecule has 0 bridgehead atoms. The van der Waals surface area contributed by atoms with E-state index in [1.165, 1.54) is 49.2 Å². The van der Waals surface area contributed by atoms with E-state index in [2.05, 4.69) is 72.2 Å². The minimum atomic E-state index is 0.796. The molecule has 25 heavy (non-hydrogen) atoms. The van der Waals surface area contributed by atoms with Gasteiger partial charge in [-0.3, -0.25) is 0 Å². The Kier molecular flexibility index (Phi) is 7.03. The Hall–Kier alpha value is -0.770. The average molecular weight is 419 g/mol. The van der Waals surface area contributed by atoms with Crippen LogP contribution in [0.15, 0.2) is 51.8 Å². The number of hydrogen-bond donors (Lipinski definition) is 1. The van der Waals surface area contributed by atoms with Crippen molar-refractivity contribution in [2.45, 2.75) is 56.2 Å². The number of benzene rings is 2. The highest BCUT2D eigenvalue weighted by atomic mass is 79.9. The second kappa shape index (κ2) is 9.25. The highest BCUT2D eigenvalue weighted by Crippen LogP contribution is 2.28. The van der Waals surface area contributed by atoms with Gasteiger partial charge in [-0.05, 0) is 53.8 Å². The molecule has 0 saturated heterocycles. The fourth-order valence-corrected chi connectivity index (χ4v) is 5.03. The van der Waals surface area contributed by atoms with Gasteiger partial charge in [-0.1, -0.05) is 48.0 Å². The number of nitrogens with one attached hydrogen (secondary N) is 1. The molecule has 1 nitrogen and oxygen atoms in total. The van der Waals surface area contributed by atoms with Crippen molar-refractivity contribution in [2.75, 3.05) is 13.1 Å². The van der Waals surface area contributed by atoms with Crippen molar-refractivity contribution in [3.05, 3.63) is 63.6 Å². The molecule has 0 amide bonds. The zero-order valence-corrected chi connectivity index (χ0v) is 17.8. The van der Waals surface area contributed by atoms with Gasteiger partial charge in [0.25, 0.3) is 0 Å². The summed E-state index contributed by atoms with van der Waals surface area (Å²) in [5.74, 6) is 1.06. The van der Waals surface area contributed by atoms with Crippen LogP contribution in [0.2, 0.25) is 0 Å². The fraction of sp³-hybridized carbons (Fsp3) is 0.455. The van der Waals surface area contributed by atoms with Crippen LogP contribution in [0.5, 0.6) is 0 Å². The van der Waals surface area contributed by atoms with Gasteiger partial charge in [-0.15, -0.1) is 11.8 Å². The monoisotopic (exact) mass is 418 g/mol. The van der Waals surface area contributed by atoms with E-state index in [0.717, 1.165) is 16.3 Å². The summed E-state index contributed by atoms with van der Waals surface area (Å²) in [4.78, 5) is 3.15. The summed E-state index contributed by atoms with van der Waals surface area (Å²) in [7, 11) is 0. The van der Waals surface area contributed by atoms with Gasteiger partial charge >= 0.3 is 0 Å². The minimum absolute atomic E-state index is 0.796. The molecule has 1 atom stereocenters. The molecule has 134 valence electrons. The van der Waals surface area contributed by atoms with Crippen LogP contribution in [0.1, 0.15) is 43.4 Å². The van der Waals surface area contributed by atoms with E-state index in [4.69, 9.17) is 0 Å². The standard InChI is InChI=1S/C22H28BrNS/c1-3-11-24(12-4-2)21-14-18-6-5-17(13-19(18)15-21)16-25-22-9-7-20(23)8-10-22/h5-10,13,21H,3-4,11-12,14-16H2,1-2H3/p+1. The van der Waals surface area contributed by atoms with E-state index >= 15 is 0 Å². The molecular formula is C22H29BrNS+. The number of fused-ring (bicyclic) bond motifs is 1. The van der Waals surface area contributed by atoms with Crippen molar-refractivity contribution in [3.63, 3.8) is 0 Å². The highest BCUT2D eigenvalue weighted by Gasteiger charge is 2.29. The Balaban J connectivity index is 1.62. The smallest absolute Gasteiger partial charge is 0.0956 e. The Morgan fingerprint density at radius 1 is 0.960 bits per heavy atom. The maximum atomic E-state index is 3.50. The number of rotatable bonds is 8. The van der Waals surface area contributed by atoms with Crippen molar-refractivity contribution < 1.29 is 4.90 Å². The van der Waals surface area contributed by atoms with Gasteiger partial charge < -0.3 is 4.90 Å². The molecule has 2 aromatic rings. The van der Waals surface area contributed by atoms with Crippen LogP contribution >= 0.6 is 27.7 Å². The predicted octanol–water partition coefficient (Wildman–Crippen LogP) is 4.91. The average Bonchev–Trinajstić information content (AvgIpc) is 3.04. The summed E-state index contributed by atoms with van der Waals surface area (Å²) in [6.45, 7) is 7.27. The summed E-state index contributed by atoms with van der Waals surface area (Å²) < 4.78 is 1.15. The number of halogens is 1. The van der Waals surface area contributed by atoms with Gasteiger partial charge in [0.05, 0.1) is 19.1 Å². The zero-order chi connectivity index (χ0) is 17.6. The topological polar surface area (TPSA) is 4.44 Å². The molecule has 0 heterocycles. The van der Waals surface area contributed by atoms with Gasteiger partial charge in [0, 0.05) is 28.0 Å². The SMILES string of the molecule is CCC[NH+](CCC)C1Cc2ccc(CSc3ccc(Br)cc3)cc2C1. The van der Waals surface area contributed by atoms with E-state index in [-0.39, 0.29) is 0 Å². The Bertz CT molecular complexity index is 677. The molecular weight excluding hydrogens is 390 g/mol. The first-order chi connectivity index (χ1) is 12.2. The highest BCUT2D eigenvalue weighted by molar-refractivity contribution is 9.10. The normalized spacial score (nSPS) is 16.4. The molecule has 1 unspecified atom stereocenters. The maximum Gasteiger partial charge on any atom is 0.0956 e. The van der Waals surface area contributed by atoms with Crippen LogP contribution in [0.3, 0.4) is 0 Å². The summed E-state index contributed by atoms with van der Waals surface area (Å²) in [5.41, 5.74) is 4.65. The van der Waals surface area contributed by atoms with Crippen molar-refractivity contribution >= 4 is 27.7 Å². The van der Waals surface area contributed by atoms with Crippen molar-refractivity contribution in [1.82, 2.24) is 0 Å². The van der Waals surface area contributed by atoms with E-state index in [1.807, 2.05) is 16.7 Å². The molecule has 1 aliphatic rings. The lowest BCUT2D eigenvalue weighted by Gasteiger charge is -2.24. The molecule has 3 heteroatoms. The molecule has 0 aliphatic heterocycles. The van der Waals surface area contributed by atoms with Gasteiger partial charge in [0.1, 0.15) is 0 Å². The lowest BCUT2D eigenvalue weighted by Crippen LogP contribution is -3.16. The lowest BCUT2D eigenvalue weighted by atomic mass is 10.1. The van der Waals surface area contributed by atoms with Crippen molar-refractivity contribution in [3.8, 4) is 0 Å².